The number of halogens is 1. The Morgan fingerprint density at radius 1 is 1.27 bits per heavy atom. The van der Waals surface area contributed by atoms with Crippen molar-refractivity contribution in [3.05, 3.63) is 22.8 Å². The number of benzene rings is 1. The third kappa shape index (κ3) is 3.59. The van der Waals surface area contributed by atoms with Crippen LogP contribution in [-0.2, 0) is 4.79 Å². The minimum Gasteiger partial charge on any atom is -0.497 e. The van der Waals surface area contributed by atoms with Crippen molar-refractivity contribution in [1.29, 1.82) is 0 Å². The molecule has 0 atom stereocenters. The second kappa shape index (κ2) is 7.84. The van der Waals surface area contributed by atoms with Gasteiger partial charge >= 0.3 is 0 Å². The fourth-order valence-electron chi connectivity index (χ4n) is 2.15. The van der Waals surface area contributed by atoms with Crippen LogP contribution in [0.4, 0.5) is 5.82 Å². The average Bonchev–Trinajstić information content (AvgIpc) is 2.55. The Morgan fingerprint density at radius 2 is 2.09 bits per heavy atom. The number of nitrogens with one attached hydrogen (secondary N) is 2. The van der Waals surface area contributed by atoms with E-state index in [2.05, 4.69) is 31.5 Å². The van der Waals surface area contributed by atoms with Gasteiger partial charge in [-0.3, -0.25) is 4.79 Å². The lowest BCUT2D eigenvalue weighted by molar-refractivity contribution is -0.109. The normalized spacial score (nSPS) is 10.3. The fourth-order valence-corrected chi connectivity index (χ4v) is 2.67. The number of pyridine rings is 1. The molecule has 6 nitrogen and oxygen atoms in total. The second-order valence-electron chi connectivity index (χ2n) is 4.56. The molecule has 2 N–H and O–H groups in total. The van der Waals surface area contributed by atoms with E-state index in [0.29, 0.717) is 31.0 Å². The Kier molecular flexibility index (Phi) is 5.83. The molecular formula is C15H18BrN3O3. The maximum atomic E-state index is 10.2. The van der Waals surface area contributed by atoms with Gasteiger partial charge < -0.3 is 20.1 Å². The van der Waals surface area contributed by atoms with Crippen LogP contribution in [-0.4, -0.2) is 38.7 Å². The predicted molar refractivity (Wildman–Crippen MR) is 89.7 cm³/mol. The highest BCUT2D eigenvalue weighted by atomic mass is 79.9. The van der Waals surface area contributed by atoms with E-state index < -0.39 is 0 Å². The van der Waals surface area contributed by atoms with Crippen LogP contribution in [0.5, 0.6) is 11.5 Å². The first-order chi connectivity index (χ1) is 10.7. The van der Waals surface area contributed by atoms with Gasteiger partial charge in [0.15, 0.2) is 0 Å². The standard InChI is InChI=1S/C15H18BrN3O3/c1-21-10-6-11-14(13(7-10)22-2)12(16)8-19-15(11)18-5-3-4-17-9-20/h6-9H,3-5H2,1-2H3,(H,17,20)(H,18,19). The summed E-state index contributed by atoms with van der Waals surface area (Å²) in [4.78, 5) is 14.6. The molecule has 2 rings (SSSR count). The van der Waals surface area contributed by atoms with E-state index in [1.165, 1.54) is 0 Å². The summed E-state index contributed by atoms with van der Waals surface area (Å²) in [5.74, 6) is 2.17. The summed E-state index contributed by atoms with van der Waals surface area (Å²) in [5, 5.41) is 7.75. The molecule has 1 amide bonds. The minimum absolute atomic E-state index is 0.623. The smallest absolute Gasteiger partial charge is 0.207 e. The number of rotatable bonds is 8. The molecule has 22 heavy (non-hydrogen) atoms. The maximum absolute atomic E-state index is 10.2. The molecule has 118 valence electrons. The predicted octanol–water partition coefficient (Wildman–Crippen LogP) is 2.56. The number of hydrogen-bond donors (Lipinski definition) is 2. The number of fused-ring (bicyclic) bond motifs is 1. The summed E-state index contributed by atoms with van der Waals surface area (Å²) in [6, 6.07) is 3.76. The van der Waals surface area contributed by atoms with Crippen LogP contribution < -0.4 is 20.1 Å². The van der Waals surface area contributed by atoms with Gasteiger partial charge in [-0.15, -0.1) is 0 Å². The van der Waals surface area contributed by atoms with Crippen molar-refractivity contribution < 1.29 is 14.3 Å². The van der Waals surface area contributed by atoms with Crippen molar-refractivity contribution in [1.82, 2.24) is 10.3 Å². The molecule has 1 heterocycles. The molecule has 0 aliphatic heterocycles. The SMILES string of the molecule is COc1cc(OC)c2c(Br)cnc(NCCCNC=O)c2c1. The molecule has 0 bridgehead atoms. The van der Waals surface area contributed by atoms with E-state index in [4.69, 9.17) is 9.47 Å². The summed E-state index contributed by atoms with van der Waals surface area (Å²) in [6.07, 6.45) is 3.24. The van der Waals surface area contributed by atoms with Crippen molar-refractivity contribution in [2.75, 3.05) is 32.6 Å². The maximum Gasteiger partial charge on any atom is 0.207 e. The Labute approximate surface area is 137 Å². The van der Waals surface area contributed by atoms with Crippen molar-refractivity contribution in [2.24, 2.45) is 0 Å². The van der Waals surface area contributed by atoms with Gasteiger partial charge in [0, 0.05) is 40.6 Å². The molecule has 7 heteroatoms. The van der Waals surface area contributed by atoms with Gasteiger partial charge in [0.05, 0.1) is 14.2 Å². The molecular weight excluding hydrogens is 350 g/mol. The van der Waals surface area contributed by atoms with Crippen LogP contribution in [0.1, 0.15) is 6.42 Å². The second-order valence-corrected chi connectivity index (χ2v) is 5.41. The van der Waals surface area contributed by atoms with Crippen molar-refractivity contribution in [3.63, 3.8) is 0 Å². The Hall–Kier alpha value is -2.02. The van der Waals surface area contributed by atoms with Crippen LogP contribution in [0.3, 0.4) is 0 Å². The molecule has 0 spiro atoms. The third-order valence-corrected chi connectivity index (χ3v) is 3.81. The molecule has 2 aromatic rings. The number of carbonyl (C=O) groups is 1. The zero-order valence-corrected chi connectivity index (χ0v) is 14.1. The van der Waals surface area contributed by atoms with Crippen molar-refractivity contribution >= 4 is 38.9 Å². The molecule has 1 aromatic carbocycles. The lowest BCUT2D eigenvalue weighted by atomic mass is 10.1. The topological polar surface area (TPSA) is 72.5 Å². The summed E-state index contributed by atoms with van der Waals surface area (Å²) in [5.41, 5.74) is 0. The molecule has 0 aliphatic carbocycles. The van der Waals surface area contributed by atoms with E-state index in [1.807, 2.05) is 12.1 Å². The highest BCUT2D eigenvalue weighted by molar-refractivity contribution is 9.10. The molecule has 0 saturated heterocycles. The number of methoxy groups -OCH3 is 2. The fraction of sp³-hybridized carbons (Fsp3) is 0.333. The van der Waals surface area contributed by atoms with Gasteiger partial charge in [-0.2, -0.15) is 0 Å². The minimum atomic E-state index is 0.623. The van der Waals surface area contributed by atoms with Crippen molar-refractivity contribution in [3.8, 4) is 11.5 Å². The van der Waals surface area contributed by atoms with Gasteiger partial charge in [-0.25, -0.2) is 4.98 Å². The van der Waals surface area contributed by atoms with Gasteiger partial charge in [0.2, 0.25) is 6.41 Å². The van der Waals surface area contributed by atoms with Gasteiger partial charge in [-0.1, -0.05) is 0 Å². The summed E-state index contributed by atoms with van der Waals surface area (Å²) in [7, 11) is 3.24. The first-order valence-corrected chi connectivity index (χ1v) is 7.61. The van der Waals surface area contributed by atoms with Gasteiger partial charge in [0.25, 0.3) is 0 Å². The Bertz CT molecular complexity index is 664. The van der Waals surface area contributed by atoms with E-state index in [0.717, 1.165) is 27.5 Å². The van der Waals surface area contributed by atoms with Crippen LogP contribution in [0.25, 0.3) is 10.8 Å². The van der Waals surface area contributed by atoms with Crippen molar-refractivity contribution in [2.45, 2.75) is 6.42 Å². The van der Waals surface area contributed by atoms with E-state index >= 15 is 0 Å². The highest BCUT2D eigenvalue weighted by Gasteiger charge is 2.13. The first kappa shape index (κ1) is 16.4. The molecule has 0 saturated carbocycles. The lowest BCUT2D eigenvalue weighted by Gasteiger charge is -2.14. The number of ether oxygens (including phenoxy) is 2. The summed E-state index contributed by atoms with van der Waals surface area (Å²) < 4.78 is 11.6. The van der Waals surface area contributed by atoms with Crippen LogP contribution >= 0.6 is 15.9 Å². The van der Waals surface area contributed by atoms with Crippen LogP contribution in [0, 0.1) is 0 Å². The van der Waals surface area contributed by atoms with Crippen LogP contribution in [0.2, 0.25) is 0 Å². The quantitative estimate of drug-likeness (QED) is 0.554. The van der Waals surface area contributed by atoms with Gasteiger partial charge in [-0.05, 0) is 28.4 Å². The number of amides is 1. The number of carbonyl (C=O) groups excluding carboxylic acids is 1. The molecule has 0 unspecified atom stereocenters. The number of nitrogens with zero attached hydrogens (tertiary/aromatic N) is 1. The number of anilines is 1. The Morgan fingerprint density at radius 3 is 2.77 bits per heavy atom. The molecule has 0 aliphatic rings. The largest absolute Gasteiger partial charge is 0.497 e. The molecule has 0 fully saturated rings. The zero-order chi connectivity index (χ0) is 15.9. The summed E-state index contributed by atoms with van der Waals surface area (Å²) >= 11 is 3.51. The molecule has 1 aromatic heterocycles. The average molecular weight is 368 g/mol. The van der Waals surface area contributed by atoms with E-state index in [9.17, 15) is 4.79 Å². The Balaban J connectivity index is 2.34. The number of hydrogen-bond acceptors (Lipinski definition) is 5. The third-order valence-electron chi connectivity index (χ3n) is 3.21. The highest BCUT2D eigenvalue weighted by Crippen LogP contribution is 2.38. The van der Waals surface area contributed by atoms with E-state index in [1.54, 1.807) is 20.4 Å². The van der Waals surface area contributed by atoms with E-state index in [-0.39, 0.29) is 0 Å². The van der Waals surface area contributed by atoms with Gasteiger partial charge in [0.1, 0.15) is 17.3 Å². The van der Waals surface area contributed by atoms with Crippen LogP contribution in [0.15, 0.2) is 22.8 Å². The summed E-state index contributed by atoms with van der Waals surface area (Å²) in [6.45, 7) is 1.32. The monoisotopic (exact) mass is 367 g/mol. The number of aromatic nitrogens is 1. The first-order valence-electron chi connectivity index (χ1n) is 6.82. The molecule has 0 radical (unpaired) electrons. The zero-order valence-electron chi connectivity index (χ0n) is 12.5. The lowest BCUT2D eigenvalue weighted by Crippen LogP contribution is -2.16.